The molecular formula is C23H24F6P2. The summed E-state index contributed by atoms with van der Waals surface area (Å²) in [5, 5.41) is 4.61. The number of fused-ring (bicyclic) bond motifs is 1. The van der Waals surface area contributed by atoms with Gasteiger partial charge in [0.25, 0.3) is 0 Å². The quantitative estimate of drug-likeness (QED) is 0.259. The van der Waals surface area contributed by atoms with Gasteiger partial charge in [-0.25, -0.2) is 0 Å². The summed E-state index contributed by atoms with van der Waals surface area (Å²) < 4.78 is 59.2. The van der Waals surface area contributed by atoms with Gasteiger partial charge in [0.15, 0.2) is 0 Å². The topological polar surface area (TPSA) is 0 Å². The summed E-state index contributed by atoms with van der Waals surface area (Å²) in [7, 11) is -12.2. The van der Waals surface area contributed by atoms with E-state index in [1.807, 2.05) is 0 Å². The van der Waals surface area contributed by atoms with Crippen molar-refractivity contribution in [3.05, 3.63) is 90.5 Å². The van der Waals surface area contributed by atoms with Gasteiger partial charge in [-0.1, -0.05) is 68.4 Å². The predicted molar refractivity (Wildman–Crippen MR) is 121 cm³/mol. The van der Waals surface area contributed by atoms with Crippen molar-refractivity contribution in [1.29, 1.82) is 0 Å². The molecule has 8 heteroatoms. The van der Waals surface area contributed by atoms with E-state index in [0.29, 0.717) is 0 Å². The molecule has 0 aliphatic carbocycles. The van der Waals surface area contributed by atoms with E-state index in [1.165, 1.54) is 28.8 Å². The van der Waals surface area contributed by atoms with Crippen LogP contribution in [0, 0.1) is 0 Å². The second-order valence-electron chi connectivity index (χ2n) is 8.31. The third-order valence-corrected chi connectivity index (χ3v) is 9.98. The van der Waals surface area contributed by atoms with Gasteiger partial charge in [-0.15, -0.1) is 0 Å². The van der Waals surface area contributed by atoms with E-state index in [1.54, 1.807) is 5.30 Å². The van der Waals surface area contributed by atoms with E-state index in [2.05, 4.69) is 98.8 Å². The Bertz CT molecular complexity index is 995. The fourth-order valence-corrected chi connectivity index (χ4v) is 9.13. The molecule has 4 rings (SSSR count). The Morgan fingerprint density at radius 1 is 0.645 bits per heavy atom. The van der Waals surface area contributed by atoms with Crippen LogP contribution in [0.15, 0.2) is 84.9 Å². The molecule has 3 aromatic rings. The SMILES string of the molecule is CC1(C)CC[P+](c2ccccc2)(c2ccccc2)c2ccccc21.F[P-](F)(F)(F)(F)F. The number of halogens is 6. The molecule has 0 spiro atoms. The van der Waals surface area contributed by atoms with Crippen LogP contribution in [0.25, 0.3) is 0 Å². The van der Waals surface area contributed by atoms with Crippen LogP contribution in [0.2, 0.25) is 0 Å². The summed E-state index contributed by atoms with van der Waals surface area (Å²) in [5.41, 5.74) is 1.79. The molecule has 0 fully saturated rings. The van der Waals surface area contributed by atoms with Crippen LogP contribution < -0.4 is 15.9 Å². The van der Waals surface area contributed by atoms with Crippen LogP contribution in [0.3, 0.4) is 0 Å². The third kappa shape index (κ3) is 6.08. The van der Waals surface area contributed by atoms with Gasteiger partial charge in [-0.05, 0) is 42.2 Å². The third-order valence-electron chi connectivity index (χ3n) is 5.51. The van der Waals surface area contributed by atoms with E-state index in [0.717, 1.165) is 0 Å². The maximum atomic E-state index is 9.87. The van der Waals surface area contributed by atoms with Crippen LogP contribution in [0.5, 0.6) is 0 Å². The first-order valence-electron chi connectivity index (χ1n) is 9.75. The minimum absolute atomic E-state index is 0.254. The first-order valence-corrected chi connectivity index (χ1v) is 13.8. The molecule has 3 aromatic carbocycles. The van der Waals surface area contributed by atoms with Crippen LogP contribution in [-0.2, 0) is 5.41 Å². The average Bonchev–Trinajstić information content (AvgIpc) is 2.68. The van der Waals surface area contributed by atoms with Gasteiger partial charge in [0.1, 0.15) is 23.2 Å². The molecule has 0 atom stereocenters. The first-order chi connectivity index (χ1) is 14.1. The van der Waals surface area contributed by atoms with E-state index in [-0.39, 0.29) is 5.41 Å². The van der Waals surface area contributed by atoms with Gasteiger partial charge >= 0.3 is 33.0 Å². The minimum atomic E-state index is -10.7. The van der Waals surface area contributed by atoms with Crippen molar-refractivity contribution in [2.45, 2.75) is 25.7 Å². The molecule has 1 aliphatic heterocycles. The van der Waals surface area contributed by atoms with Crippen molar-refractivity contribution in [3.8, 4) is 0 Å². The molecule has 31 heavy (non-hydrogen) atoms. The van der Waals surface area contributed by atoms with E-state index in [4.69, 9.17) is 0 Å². The summed E-state index contributed by atoms with van der Waals surface area (Å²) in [6, 6.07) is 31.6. The summed E-state index contributed by atoms with van der Waals surface area (Å²) in [6.07, 6.45) is 2.49. The Morgan fingerprint density at radius 3 is 1.48 bits per heavy atom. The molecule has 0 amide bonds. The normalized spacial score (nSPS) is 19.1. The number of rotatable bonds is 2. The molecule has 1 heterocycles. The maximum absolute atomic E-state index is 10.7. The molecule has 0 aromatic heterocycles. The summed E-state index contributed by atoms with van der Waals surface area (Å²) in [5.74, 6) is 0. The molecule has 0 bridgehead atoms. The fraction of sp³-hybridized carbons (Fsp3) is 0.217. The Labute approximate surface area is 178 Å². The first kappa shape index (κ1) is 23.8. The van der Waals surface area contributed by atoms with Gasteiger partial charge < -0.3 is 0 Å². The van der Waals surface area contributed by atoms with E-state index >= 15 is 0 Å². The van der Waals surface area contributed by atoms with Crippen molar-refractivity contribution in [1.82, 2.24) is 0 Å². The van der Waals surface area contributed by atoms with E-state index in [9.17, 15) is 25.2 Å². The number of hydrogen-bond acceptors (Lipinski definition) is 0. The zero-order valence-corrected chi connectivity index (χ0v) is 18.9. The Morgan fingerprint density at radius 2 is 1.03 bits per heavy atom. The van der Waals surface area contributed by atoms with Gasteiger partial charge in [0.05, 0.1) is 6.16 Å². The summed E-state index contributed by atoms with van der Waals surface area (Å²) in [6.45, 7) is 4.80. The zero-order valence-electron chi connectivity index (χ0n) is 17.2. The molecule has 0 N–H and O–H groups in total. The molecular weight excluding hydrogens is 452 g/mol. The van der Waals surface area contributed by atoms with Crippen LogP contribution in [-0.4, -0.2) is 6.16 Å². The van der Waals surface area contributed by atoms with Gasteiger partial charge in [-0.2, -0.15) is 0 Å². The van der Waals surface area contributed by atoms with E-state index < -0.39 is 15.1 Å². The molecule has 0 radical (unpaired) electrons. The summed E-state index contributed by atoms with van der Waals surface area (Å²) in [4.78, 5) is 0. The average molecular weight is 476 g/mol. The Kier molecular flexibility index (Phi) is 5.61. The van der Waals surface area contributed by atoms with Gasteiger partial charge in [-0.3, -0.25) is 0 Å². The van der Waals surface area contributed by atoms with Crippen molar-refractivity contribution in [2.24, 2.45) is 0 Å². The standard InChI is InChI=1S/C23H24P.F6P/c1-23(2)17-18-24(19-11-5-3-6-12-19,20-13-7-4-8-14-20)22-16-10-9-15-21(22)23;1-7(2,3,4,5)6/h3-16H,17-18H2,1-2H3;/q+1;-1. The second-order valence-corrected chi connectivity index (χ2v) is 13.8. The van der Waals surface area contributed by atoms with Crippen molar-refractivity contribution < 1.29 is 25.2 Å². The number of benzene rings is 3. The molecule has 0 nitrogen and oxygen atoms in total. The zero-order chi connectivity index (χ0) is 23.0. The van der Waals surface area contributed by atoms with Crippen molar-refractivity contribution in [3.63, 3.8) is 0 Å². The Balaban J connectivity index is 0.000000339. The van der Waals surface area contributed by atoms with Crippen molar-refractivity contribution >= 4 is 31.0 Å². The van der Waals surface area contributed by atoms with Crippen LogP contribution in [0.4, 0.5) is 25.2 Å². The predicted octanol–water partition coefficient (Wildman–Crippen LogP) is 8.04. The fourth-order valence-electron chi connectivity index (χ4n) is 4.13. The molecule has 0 unspecified atom stereocenters. The van der Waals surface area contributed by atoms with Gasteiger partial charge in [0, 0.05) is 5.56 Å². The number of hydrogen-bond donors (Lipinski definition) is 0. The summed E-state index contributed by atoms with van der Waals surface area (Å²) >= 11 is 0. The van der Waals surface area contributed by atoms with Crippen LogP contribution in [0.1, 0.15) is 25.8 Å². The van der Waals surface area contributed by atoms with Gasteiger partial charge in [0.2, 0.25) is 0 Å². The monoisotopic (exact) mass is 476 g/mol. The molecule has 0 saturated carbocycles. The Hall–Kier alpha value is -1.90. The molecule has 0 saturated heterocycles. The molecule has 168 valence electrons. The van der Waals surface area contributed by atoms with Crippen molar-refractivity contribution in [2.75, 3.05) is 6.16 Å². The second kappa shape index (κ2) is 7.32. The van der Waals surface area contributed by atoms with Crippen LogP contribution >= 0.6 is 15.1 Å². The molecule has 1 aliphatic rings.